The molecule has 0 aromatic heterocycles. The quantitative estimate of drug-likeness (QED) is 0.261. The van der Waals surface area contributed by atoms with Crippen molar-refractivity contribution in [3.8, 4) is 17.2 Å². The smallest absolute Gasteiger partial charge is 0.238 e. The number of phenols is 3. The van der Waals surface area contributed by atoms with Gasteiger partial charge in [-0.3, -0.25) is 14.4 Å². The van der Waals surface area contributed by atoms with Gasteiger partial charge in [-0.25, -0.2) is 0 Å². The molecule has 1 aliphatic rings. The highest BCUT2D eigenvalue weighted by atomic mass is 16.3. The lowest BCUT2D eigenvalue weighted by Crippen LogP contribution is -2.23. The van der Waals surface area contributed by atoms with Crippen LogP contribution in [0.1, 0.15) is 40.1 Å². The van der Waals surface area contributed by atoms with Crippen molar-refractivity contribution in [3.63, 3.8) is 0 Å². The Morgan fingerprint density at radius 2 is 1.40 bits per heavy atom. The van der Waals surface area contributed by atoms with E-state index in [-0.39, 0.29) is 5.57 Å². The summed E-state index contributed by atoms with van der Waals surface area (Å²) < 4.78 is 0. The first-order chi connectivity index (χ1) is 9.20. The average Bonchev–Trinajstić information content (AvgIpc) is 2.37. The van der Waals surface area contributed by atoms with Gasteiger partial charge in [0.1, 0.15) is 17.1 Å². The topological polar surface area (TPSA) is 132 Å². The predicted molar refractivity (Wildman–Crippen MR) is 66.0 cm³/mol. The van der Waals surface area contributed by atoms with Crippen LogP contribution in [0.15, 0.2) is 5.57 Å². The molecule has 1 aromatic carbocycles. The van der Waals surface area contributed by atoms with Crippen LogP contribution in [0.5, 0.6) is 17.2 Å². The molecule has 7 heteroatoms. The van der Waals surface area contributed by atoms with Gasteiger partial charge < -0.3 is 20.4 Å². The van der Waals surface area contributed by atoms with Crippen LogP contribution in [-0.2, 0) is 4.79 Å². The van der Waals surface area contributed by atoms with Gasteiger partial charge in [0.25, 0.3) is 0 Å². The molecule has 0 radical (unpaired) electrons. The molecule has 0 saturated carbocycles. The Kier molecular flexibility index (Phi) is 2.78. The summed E-state index contributed by atoms with van der Waals surface area (Å²) in [4.78, 5) is 34.8. The zero-order chi connectivity index (χ0) is 15.4. The van der Waals surface area contributed by atoms with E-state index in [1.807, 2.05) is 0 Å². The Bertz CT molecular complexity index is 725. The minimum Gasteiger partial charge on any atom is -0.507 e. The Hall–Kier alpha value is -2.83. The van der Waals surface area contributed by atoms with Gasteiger partial charge in [0.05, 0.1) is 11.1 Å². The molecular weight excluding hydrogens is 268 g/mol. The molecule has 0 saturated heterocycles. The van der Waals surface area contributed by atoms with Crippen LogP contribution in [0.3, 0.4) is 0 Å². The van der Waals surface area contributed by atoms with Gasteiger partial charge in [0.15, 0.2) is 17.3 Å². The summed E-state index contributed by atoms with van der Waals surface area (Å²) in [7, 11) is 0. The molecule has 0 aliphatic heterocycles. The van der Waals surface area contributed by atoms with Gasteiger partial charge in [-0.15, -0.1) is 0 Å². The molecule has 0 heterocycles. The number of phenolic OH excluding ortho intramolecular Hbond substituents is 3. The molecule has 0 fully saturated rings. The average molecular weight is 278 g/mol. The number of aromatic hydroxyl groups is 3. The van der Waals surface area contributed by atoms with Crippen molar-refractivity contribution in [3.05, 3.63) is 22.3 Å². The number of hydrogen-bond donors (Lipinski definition) is 4. The molecule has 4 N–H and O–H groups in total. The van der Waals surface area contributed by atoms with Gasteiger partial charge in [0, 0.05) is 5.57 Å². The molecule has 1 aliphatic carbocycles. The number of ketones is 3. The first-order valence-electron chi connectivity index (χ1n) is 5.51. The summed E-state index contributed by atoms with van der Waals surface area (Å²) in [5.41, 5.74) is -2.22. The normalized spacial score (nSPS) is 14.5. The molecule has 0 amide bonds. The number of benzene rings is 1. The molecule has 20 heavy (non-hydrogen) atoms. The van der Waals surface area contributed by atoms with Crippen molar-refractivity contribution >= 4 is 23.1 Å². The highest BCUT2D eigenvalue weighted by Crippen LogP contribution is 2.47. The first kappa shape index (κ1) is 13.6. The Morgan fingerprint density at radius 1 is 0.850 bits per heavy atom. The Labute approximate surface area is 112 Å². The van der Waals surface area contributed by atoms with Crippen LogP contribution >= 0.6 is 0 Å². The summed E-state index contributed by atoms with van der Waals surface area (Å²) in [5, 5.41) is 39.3. The van der Waals surface area contributed by atoms with E-state index in [9.17, 15) is 34.8 Å². The van der Waals surface area contributed by atoms with Crippen LogP contribution in [0.4, 0.5) is 0 Å². The maximum atomic E-state index is 11.8. The number of carbonyl (C=O) groups is 3. The molecular formula is C13H10O7. The molecule has 2 rings (SSSR count). The van der Waals surface area contributed by atoms with E-state index in [4.69, 9.17) is 0 Å². The number of allylic oxidation sites excluding steroid dienone is 1. The predicted octanol–water partition coefficient (Wildman–Crippen LogP) is 1.06. The van der Waals surface area contributed by atoms with Crippen LogP contribution in [0.25, 0.3) is 5.76 Å². The highest BCUT2D eigenvalue weighted by Gasteiger charge is 2.38. The summed E-state index contributed by atoms with van der Waals surface area (Å²) in [6.07, 6.45) is 0. The summed E-state index contributed by atoms with van der Waals surface area (Å²) in [6.45, 7) is 2.18. The number of carbonyl (C=O) groups excluding carboxylic acids is 3. The van der Waals surface area contributed by atoms with E-state index < -0.39 is 57.0 Å². The van der Waals surface area contributed by atoms with Gasteiger partial charge in [-0.1, -0.05) is 0 Å². The lowest BCUT2D eigenvalue weighted by Gasteiger charge is -2.20. The minimum atomic E-state index is -1.19. The lowest BCUT2D eigenvalue weighted by molar-refractivity contribution is -0.111. The van der Waals surface area contributed by atoms with Crippen LogP contribution in [-0.4, -0.2) is 37.8 Å². The lowest BCUT2D eigenvalue weighted by atomic mass is 9.85. The molecule has 0 atom stereocenters. The van der Waals surface area contributed by atoms with Gasteiger partial charge >= 0.3 is 0 Å². The summed E-state index contributed by atoms with van der Waals surface area (Å²) >= 11 is 0. The largest absolute Gasteiger partial charge is 0.507 e. The zero-order valence-corrected chi connectivity index (χ0v) is 10.5. The molecule has 0 bridgehead atoms. The van der Waals surface area contributed by atoms with Crippen molar-refractivity contribution < 1.29 is 34.8 Å². The fraction of sp³-hybridized carbons (Fsp3) is 0.154. The summed E-state index contributed by atoms with van der Waals surface area (Å²) in [5.74, 6) is -6.66. The maximum Gasteiger partial charge on any atom is 0.238 e. The van der Waals surface area contributed by atoms with E-state index in [0.29, 0.717) is 0 Å². The van der Waals surface area contributed by atoms with E-state index >= 15 is 0 Å². The fourth-order valence-corrected chi connectivity index (χ4v) is 2.07. The van der Waals surface area contributed by atoms with Crippen LogP contribution < -0.4 is 0 Å². The molecule has 1 aromatic rings. The minimum absolute atomic E-state index is 0.322. The van der Waals surface area contributed by atoms with Gasteiger partial charge in [-0.2, -0.15) is 0 Å². The highest BCUT2D eigenvalue weighted by molar-refractivity contribution is 6.53. The van der Waals surface area contributed by atoms with Crippen molar-refractivity contribution in [2.45, 2.75) is 13.8 Å². The second-order valence-electron chi connectivity index (χ2n) is 4.36. The van der Waals surface area contributed by atoms with Crippen LogP contribution in [0.2, 0.25) is 0 Å². The van der Waals surface area contributed by atoms with Crippen LogP contribution in [0, 0.1) is 0 Å². The number of rotatable bonds is 1. The number of fused-ring (bicyclic) bond motifs is 1. The van der Waals surface area contributed by atoms with Crippen molar-refractivity contribution in [1.29, 1.82) is 0 Å². The van der Waals surface area contributed by atoms with E-state index in [2.05, 4.69) is 0 Å². The number of hydrogen-bond acceptors (Lipinski definition) is 7. The van der Waals surface area contributed by atoms with E-state index in [1.54, 1.807) is 0 Å². The van der Waals surface area contributed by atoms with Crippen molar-refractivity contribution in [2.75, 3.05) is 0 Å². The van der Waals surface area contributed by atoms with E-state index in [0.717, 1.165) is 13.8 Å². The van der Waals surface area contributed by atoms with Crippen molar-refractivity contribution in [1.82, 2.24) is 0 Å². The summed E-state index contributed by atoms with van der Waals surface area (Å²) in [6, 6.07) is 0. The fourth-order valence-electron chi connectivity index (χ4n) is 2.07. The second-order valence-corrected chi connectivity index (χ2v) is 4.36. The Morgan fingerprint density at radius 3 is 1.90 bits per heavy atom. The molecule has 7 nitrogen and oxygen atoms in total. The van der Waals surface area contributed by atoms with E-state index in [1.165, 1.54) is 0 Å². The first-order valence-corrected chi connectivity index (χ1v) is 5.51. The molecule has 0 spiro atoms. The number of aliphatic hydroxyl groups is 1. The molecule has 104 valence electrons. The third kappa shape index (κ3) is 1.49. The standard InChI is InChI=1S/C13H10O7/c1-3-8(15)6-7(12(19)9(3)16)13(20)11(18)5(4(2)14)10(6)17/h15,17-18,20H,1-2H3. The Balaban J connectivity index is 3.04. The van der Waals surface area contributed by atoms with Gasteiger partial charge in [-0.05, 0) is 13.8 Å². The van der Waals surface area contributed by atoms with Gasteiger partial charge in [0.2, 0.25) is 11.6 Å². The van der Waals surface area contributed by atoms with Crippen molar-refractivity contribution in [2.24, 2.45) is 0 Å². The number of aliphatic hydroxyl groups excluding tert-OH is 1. The molecule has 0 unspecified atom stereocenters. The monoisotopic (exact) mass is 278 g/mol. The SMILES string of the molecule is CC(=O)c1c(O)c(O)c2c(c1O)C(O)=C(C)C(=O)C2=O. The third-order valence-corrected chi connectivity index (χ3v) is 3.14. The third-order valence-electron chi connectivity index (χ3n) is 3.14. The number of Topliss-reactive ketones (excluding diaryl/α,β-unsaturated/α-hetero) is 3. The maximum absolute atomic E-state index is 11.8. The second kappa shape index (κ2) is 4.09. The zero-order valence-electron chi connectivity index (χ0n) is 10.5.